The number of nitrogens with one attached hydrogen (secondary N) is 2. The lowest BCUT2D eigenvalue weighted by Gasteiger charge is -2.27. The van der Waals surface area contributed by atoms with Crippen LogP contribution in [0.2, 0.25) is 0 Å². The molecule has 2 aromatic rings. The van der Waals surface area contributed by atoms with E-state index in [1.165, 1.54) is 11.3 Å². The van der Waals surface area contributed by atoms with E-state index in [4.69, 9.17) is 5.10 Å². The topological polar surface area (TPSA) is 62.2 Å². The third-order valence-electron chi connectivity index (χ3n) is 5.88. The first-order chi connectivity index (χ1) is 13.8. The van der Waals surface area contributed by atoms with Crippen LogP contribution in [0.25, 0.3) is 5.69 Å². The highest BCUT2D eigenvalue weighted by Crippen LogP contribution is 2.28. The maximum Gasteiger partial charge on any atom is 0.272 e. The van der Waals surface area contributed by atoms with Crippen molar-refractivity contribution in [3.63, 3.8) is 0 Å². The molecule has 2 N–H and O–H groups in total. The van der Waals surface area contributed by atoms with E-state index in [2.05, 4.69) is 46.7 Å². The number of aryl methyl sites for hydroxylation is 1. The van der Waals surface area contributed by atoms with Gasteiger partial charge in [-0.1, -0.05) is 19.1 Å². The summed E-state index contributed by atoms with van der Waals surface area (Å²) in [5.74, 6) is -0.0256. The van der Waals surface area contributed by atoms with E-state index in [0.717, 1.165) is 76.1 Å². The molecule has 1 aliphatic carbocycles. The Hall–Kier alpha value is -1.89. The lowest BCUT2D eigenvalue weighted by atomic mass is 10.1. The van der Waals surface area contributed by atoms with Crippen molar-refractivity contribution in [2.75, 3.05) is 39.3 Å². The largest absolute Gasteiger partial charge is 0.351 e. The molecular formula is C22H32ClN5O. The van der Waals surface area contributed by atoms with E-state index in [1.54, 1.807) is 0 Å². The Labute approximate surface area is 179 Å². The predicted octanol–water partition coefficient (Wildman–Crippen LogP) is 2.37. The van der Waals surface area contributed by atoms with Crippen molar-refractivity contribution in [2.45, 2.75) is 39.0 Å². The lowest BCUT2D eigenvalue weighted by Crippen LogP contribution is -2.44. The summed E-state index contributed by atoms with van der Waals surface area (Å²) < 4.78 is 1.98. The van der Waals surface area contributed by atoms with Gasteiger partial charge in [0.25, 0.3) is 5.91 Å². The minimum Gasteiger partial charge on any atom is -0.351 e. The van der Waals surface area contributed by atoms with Crippen molar-refractivity contribution in [3.05, 3.63) is 46.8 Å². The van der Waals surface area contributed by atoms with Crippen LogP contribution in [0.5, 0.6) is 0 Å². The maximum atomic E-state index is 12.8. The van der Waals surface area contributed by atoms with Gasteiger partial charge < -0.3 is 15.5 Å². The molecule has 29 heavy (non-hydrogen) atoms. The summed E-state index contributed by atoms with van der Waals surface area (Å²) in [5, 5.41) is 11.2. The lowest BCUT2D eigenvalue weighted by molar-refractivity contribution is 0.0945. The van der Waals surface area contributed by atoms with E-state index in [9.17, 15) is 4.79 Å². The molecule has 4 rings (SSSR count). The number of nitrogens with zero attached hydrogens (tertiary/aromatic N) is 3. The van der Waals surface area contributed by atoms with Crippen LogP contribution in [0.4, 0.5) is 0 Å². The molecule has 1 aromatic carbocycles. The van der Waals surface area contributed by atoms with Gasteiger partial charge in [-0.3, -0.25) is 4.79 Å². The number of halogens is 1. The van der Waals surface area contributed by atoms with Gasteiger partial charge in [-0.05, 0) is 56.3 Å². The zero-order chi connectivity index (χ0) is 19.3. The zero-order valence-electron chi connectivity index (χ0n) is 17.2. The van der Waals surface area contributed by atoms with Crippen molar-refractivity contribution in [1.82, 2.24) is 25.3 Å². The third-order valence-corrected chi connectivity index (χ3v) is 5.88. The van der Waals surface area contributed by atoms with Gasteiger partial charge >= 0.3 is 0 Å². The Morgan fingerprint density at radius 1 is 1.17 bits per heavy atom. The standard InChI is InChI=1S/C22H31N5O.ClH/c1-2-17-7-9-18(10-8-17)27-20-6-3-5-19(20)21(25-27)22(28)24-11-4-14-26-15-12-23-13-16-26;/h7-10,23H,2-6,11-16H2,1H3,(H,24,28);1H. The fraction of sp³-hybridized carbons (Fsp3) is 0.545. The van der Waals surface area contributed by atoms with Crippen LogP contribution >= 0.6 is 12.4 Å². The second-order valence-corrected chi connectivity index (χ2v) is 7.76. The van der Waals surface area contributed by atoms with Crippen LogP contribution < -0.4 is 10.6 Å². The SMILES string of the molecule is CCc1ccc(-n2nc(C(=O)NCCCN3CCNCC3)c3c2CCC3)cc1.Cl. The normalized spacial score (nSPS) is 16.3. The van der Waals surface area contributed by atoms with Crippen molar-refractivity contribution >= 4 is 18.3 Å². The Morgan fingerprint density at radius 3 is 2.66 bits per heavy atom. The number of amides is 1. The summed E-state index contributed by atoms with van der Waals surface area (Å²) in [6, 6.07) is 8.52. The molecule has 1 aromatic heterocycles. The van der Waals surface area contributed by atoms with E-state index >= 15 is 0 Å². The molecule has 158 valence electrons. The number of carbonyl (C=O) groups is 1. The Balaban J connectivity index is 0.00000240. The third kappa shape index (κ3) is 5.00. The van der Waals surface area contributed by atoms with Crippen LogP contribution in [-0.4, -0.2) is 59.9 Å². The quantitative estimate of drug-likeness (QED) is 0.679. The summed E-state index contributed by atoms with van der Waals surface area (Å²) in [7, 11) is 0. The van der Waals surface area contributed by atoms with Gasteiger partial charge in [-0.25, -0.2) is 4.68 Å². The number of benzene rings is 1. The van der Waals surface area contributed by atoms with Crippen molar-refractivity contribution in [3.8, 4) is 5.69 Å². The van der Waals surface area contributed by atoms with Gasteiger partial charge in [0.15, 0.2) is 5.69 Å². The monoisotopic (exact) mass is 417 g/mol. The van der Waals surface area contributed by atoms with Crippen molar-refractivity contribution in [2.24, 2.45) is 0 Å². The second-order valence-electron chi connectivity index (χ2n) is 7.76. The van der Waals surface area contributed by atoms with Crippen LogP contribution in [0, 0.1) is 0 Å². The van der Waals surface area contributed by atoms with Crippen molar-refractivity contribution < 1.29 is 4.79 Å². The number of carbonyl (C=O) groups excluding carboxylic acids is 1. The van der Waals surface area contributed by atoms with E-state index in [-0.39, 0.29) is 18.3 Å². The summed E-state index contributed by atoms with van der Waals surface area (Å²) in [6.45, 7) is 8.23. The molecular weight excluding hydrogens is 386 g/mol. The highest BCUT2D eigenvalue weighted by atomic mass is 35.5. The van der Waals surface area contributed by atoms with Gasteiger partial charge in [0.1, 0.15) is 0 Å². The van der Waals surface area contributed by atoms with Crippen LogP contribution in [0.15, 0.2) is 24.3 Å². The summed E-state index contributed by atoms with van der Waals surface area (Å²) in [6.07, 6.45) is 5.05. The number of hydrogen-bond donors (Lipinski definition) is 2. The van der Waals surface area contributed by atoms with Crippen LogP contribution in [0.1, 0.15) is 47.1 Å². The first-order valence-corrected chi connectivity index (χ1v) is 10.7. The average molecular weight is 418 g/mol. The molecule has 2 aliphatic rings. The molecule has 6 nitrogen and oxygen atoms in total. The predicted molar refractivity (Wildman–Crippen MR) is 118 cm³/mol. The maximum absolute atomic E-state index is 12.8. The first-order valence-electron chi connectivity index (χ1n) is 10.7. The number of hydrogen-bond acceptors (Lipinski definition) is 4. The molecule has 0 saturated carbocycles. The molecule has 1 saturated heterocycles. The highest BCUT2D eigenvalue weighted by Gasteiger charge is 2.26. The minimum absolute atomic E-state index is 0. The highest BCUT2D eigenvalue weighted by molar-refractivity contribution is 5.94. The fourth-order valence-electron chi connectivity index (χ4n) is 4.23. The second kappa shape index (κ2) is 10.2. The van der Waals surface area contributed by atoms with Crippen molar-refractivity contribution in [1.29, 1.82) is 0 Å². The number of piperazine rings is 1. The number of rotatable bonds is 7. The molecule has 0 bridgehead atoms. The van der Waals surface area contributed by atoms with Crippen LogP contribution in [-0.2, 0) is 19.3 Å². The van der Waals surface area contributed by atoms with Gasteiger partial charge in [0.05, 0.1) is 5.69 Å². The fourth-order valence-corrected chi connectivity index (χ4v) is 4.23. The summed E-state index contributed by atoms with van der Waals surface area (Å²) in [4.78, 5) is 15.2. The van der Waals surface area contributed by atoms with Gasteiger partial charge in [0.2, 0.25) is 0 Å². The first kappa shape index (κ1) is 21.8. The average Bonchev–Trinajstić information content (AvgIpc) is 3.35. The smallest absolute Gasteiger partial charge is 0.272 e. The number of aromatic nitrogens is 2. The Bertz CT molecular complexity index is 811. The zero-order valence-corrected chi connectivity index (χ0v) is 18.1. The molecule has 1 fully saturated rings. The summed E-state index contributed by atoms with van der Waals surface area (Å²) >= 11 is 0. The molecule has 0 radical (unpaired) electrons. The molecule has 0 unspecified atom stereocenters. The van der Waals surface area contributed by atoms with Gasteiger partial charge in [0, 0.05) is 44.0 Å². The molecule has 0 spiro atoms. The Morgan fingerprint density at radius 2 is 1.93 bits per heavy atom. The Kier molecular flexibility index (Phi) is 7.70. The molecule has 7 heteroatoms. The molecule has 1 aliphatic heterocycles. The van der Waals surface area contributed by atoms with E-state index in [1.807, 2.05) is 4.68 Å². The summed E-state index contributed by atoms with van der Waals surface area (Å²) in [5.41, 5.74) is 5.33. The minimum atomic E-state index is -0.0256. The molecule has 1 amide bonds. The molecule has 2 heterocycles. The molecule has 0 atom stereocenters. The number of fused-ring (bicyclic) bond motifs is 1. The van der Waals surface area contributed by atoms with E-state index in [0.29, 0.717) is 12.2 Å². The van der Waals surface area contributed by atoms with E-state index < -0.39 is 0 Å². The van der Waals surface area contributed by atoms with Gasteiger partial charge in [-0.2, -0.15) is 5.10 Å². The van der Waals surface area contributed by atoms with Gasteiger partial charge in [-0.15, -0.1) is 12.4 Å². The van der Waals surface area contributed by atoms with Crippen LogP contribution in [0.3, 0.4) is 0 Å².